The lowest BCUT2D eigenvalue weighted by atomic mass is 9.92. The second-order valence-electron chi connectivity index (χ2n) is 6.22. The summed E-state index contributed by atoms with van der Waals surface area (Å²) in [6.07, 6.45) is 9.14. The fourth-order valence-electron chi connectivity index (χ4n) is 3.44. The molecule has 20 heavy (non-hydrogen) atoms. The number of carbonyl (C=O) groups excluding carboxylic acids is 1. The topological polar surface area (TPSA) is 51.3 Å². The smallest absolute Gasteiger partial charge is 0.270 e. The Morgan fingerprint density at radius 1 is 1.30 bits per heavy atom. The van der Waals surface area contributed by atoms with E-state index in [4.69, 9.17) is 5.73 Å². The Balaban J connectivity index is 1.70. The molecule has 1 aromatic rings. The molecule has 0 spiro atoms. The molecular weight excluding hydrogens is 250 g/mol. The van der Waals surface area contributed by atoms with Gasteiger partial charge in [0.1, 0.15) is 5.69 Å². The van der Waals surface area contributed by atoms with Crippen LogP contribution in [0.4, 0.5) is 0 Å². The molecule has 1 aliphatic heterocycles. The lowest BCUT2D eigenvalue weighted by Gasteiger charge is -2.34. The summed E-state index contributed by atoms with van der Waals surface area (Å²) in [5.41, 5.74) is 6.54. The Hall–Kier alpha value is -1.29. The van der Waals surface area contributed by atoms with Crippen molar-refractivity contribution in [1.82, 2.24) is 9.47 Å². The van der Waals surface area contributed by atoms with Crippen LogP contribution < -0.4 is 5.73 Å². The van der Waals surface area contributed by atoms with E-state index < -0.39 is 0 Å². The number of piperidine rings is 1. The molecule has 2 heterocycles. The molecule has 0 radical (unpaired) electrons. The van der Waals surface area contributed by atoms with Crippen molar-refractivity contribution in [2.24, 2.45) is 11.7 Å². The molecule has 2 N–H and O–H groups in total. The van der Waals surface area contributed by atoms with Gasteiger partial charge < -0.3 is 15.2 Å². The SMILES string of the molecule is NCCC1CCCN(C(=O)c2cccn2C2CCC2)C1. The summed E-state index contributed by atoms with van der Waals surface area (Å²) in [5.74, 6) is 0.799. The summed E-state index contributed by atoms with van der Waals surface area (Å²) >= 11 is 0. The number of nitrogens with zero attached hydrogens (tertiary/aromatic N) is 2. The van der Waals surface area contributed by atoms with E-state index in [0.29, 0.717) is 12.0 Å². The van der Waals surface area contributed by atoms with Crippen molar-refractivity contribution in [3.8, 4) is 0 Å². The molecule has 1 atom stereocenters. The predicted octanol–water partition coefficient (Wildman–Crippen LogP) is 2.41. The predicted molar refractivity (Wildman–Crippen MR) is 79.6 cm³/mol. The first-order valence-corrected chi connectivity index (χ1v) is 7.96. The van der Waals surface area contributed by atoms with Gasteiger partial charge in [0.2, 0.25) is 0 Å². The van der Waals surface area contributed by atoms with Crippen molar-refractivity contribution in [3.63, 3.8) is 0 Å². The molecule has 4 heteroatoms. The van der Waals surface area contributed by atoms with Crippen LogP contribution in [0.5, 0.6) is 0 Å². The zero-order chi connectivity index (χ0) is 13.9. The maximum absolute atomic E-state index is 12.7. The Kier molecular flexibility index (Phi) is 4.10. The van der Waals surface area contributed by atoms with E-state index in [1.54, 1.807) is 0 Å². The molecule has 4 nitrogen and oxygen atoms in total. The molecular formula is C16H25N3O. The van der Waals surface area contributed by atoms with Gasteiger partial charge in [0.25, 0.3) is 5.91 Å². The highest BCUT2D eigenvalue weighted by atomic mass is 16.2. The fourth-order valence-corrected chi connectivity index (χ4v) is 3.44. The second-order valence-corrected chi connectivity index (χ2v) is 6.22. The first-order valence-electron chi connectivity index (χ1n) is 7.96. The third-order valence-electron chi connectivity index (χ3n) is 4.85. The zero-order valence-electron chi connectivity index (χ0n) is 12.1. The lowest BCUT2D eigenvalue weighted by Crippen LogP contribution is -2.41. The van der Waals surface area contributed by atoms with E-state index in [2.05, 4.69) is 10.8 Å². The molecule has 2 fully saturated rings. The van der Waals surface area contributed by atoms with Crippen molar-refractivity contribution in [1.29, 1.82) is 0 Å². The molecule has 1 saturated heterocycles. The molecule has 0 aromatic carbocycles. The minimum absolute atomic E-state index is 0.212. The number of likely N-dealkylation sites (tertiary alicyclic amines) is 1. The van der Waals surface area contributed by atoms with E-state index >= 15 is 0 Å². The average molecular weight is 275 g/mol. The maximum Gasteiger partial charge on any atom is 0.270 e. The molecule has 1 aliphatic carbocycles. The zero-order valence-corrected chi connectivity index (χ0v) is 12.1. The van der Waals surface area contributed by atoms with Gasteiger partial charge in [-0.25, -0.2) is 0 Å². The van der Waals surface area contributed by atoms with Crippen LogP contribution in [0.3, 0.4) is 0 Å². The molecule has 1 amide bonds. The van der Waals surface area contributed by atoms with Crippen LogP contribution in [0.1, 0.15) is 55.1 Å². The van der Waals surface area contributed by atoms with Gasteiger partial charge in [-0.2, -0.15) is 0 Å². The number of hydrogen-bond donors (Lipinski definition) is 1. The number of hydrogen-bond acceptors (Lipinski definition) is 2. The summed E-state index contributed by atoms with van der Waals surface area (Å²) in [6, 6.07) is 4.54. The Labute approximate surface area is 120 Å². The number of rotatable bonds is 4. The van der Waals surface area contributed by atoms with Gasteiger partial charge in [-0.1, -0.05) is 0 Å². The fraction of sp³-hybridized carbons (Fsp3) is 0.688. The van der Waals surface area contributed by atoms with Gasteiger partial charge in [0.15, 0.2) is 0 Å². The van der Waals surface area contributed by atoms with Crippen molar-refractivity contribution < 1.29 is 4.79 Å². The van der Waals surface area contributed by atoms with E-state index in [1.165, 1.54) is 25.7 Å². The quantitative estimate of drug-likeness (QED) is 0.917. The van der Waals surface area contributed by atoms with Crippen molar-refractivity contribution in [2.45, 2.75) is 44.6 Å². The summed E-state index contributed by atoms with van der Waals surface area (Å²) in [5, 5.41) is 0. The van der Waals surface area contributed by atoms with Crippen LogP contribution in [-0.2, 0) is 0 Å². The maximum atomic E-state index is 12.7. The third-order valence-corrected chi connectivity index (χ3v) is 4.85. The first-order chi connectivity index (χ1) is 9.79. The van der Waals surface area contributed by atoms with E-state index in [0.717, 1.165) is 38.2 Å². The largest absolute Gasteiger partial charge is 0.340 e. The van der Waals surface area contributed by atoms with Crippen LogP contribution >= 0.6 is 0 Å². The molecule has 0 bridgehead atoms. The second kappa shape index (κ2) is 6.00. The van der Waals surface area contributed by atoms with Gasteiger partial charge >= 0.3 is 0 Å². The lowest BCUT2D eigenvalue weighted by molar-refractivity contribution is 0.0652. The van der Waals surface area contributed by atoms with Crippen LogP contribution in [0.25, 0.3) is 0 Å². The number of amides is 1. The van der Waals surface area contributed by atoms with Gasteiger partial charge in [-0.05, 0) is 63.1 Å². The Morgan fingerprint density at radius 3 is 2.85 bits per heavy atom. The van der Waals surface area contributed by atoms with Crippen molar-refractivity contribution in [3.05, 3.63) is 24.0 Å². The average Bonchev–Trinajstić information content (AvgIpc) is 2.85. The van der Waals surface area contributed by atoms with Crippen molar-refractivity contribution >= 4 is 5.91 Å². The van der Waals surface area contributed by atoms with Crippen LogP contribution in [-0.4, -0.2) is 35.0 Å². The molecule has 3 rings (SSSR count). The summed E-state index contributed by atoms with van der Waals surface area (Å²) < 4.78 is 2.19. The highest BCUT2D eigenvalue weighted by Gasteiger charge is 2.28. The first kappa shape index (κ1) is 13.7. The molecule has 1 saturated carbocycles. The van der Waals surface area contributed by atoms with Gasteiger partial charge in [0.05, 0.1) is 0 Å². The minimum Gasteiger partial charge on any atom is -0.340 e. The van der Waals surface area contributed by atoms with Gasteiger partial charge in [-0.3, -0.25) is 4.79 Å². The number of carbonyl (C=O) groups is 1. The Morgan fingerprint density at radius 2 is 2.15 bits per heavy atom. The summed E-state index contributed by atoms with van der Waals surface area (Å²) in [4.78, 5) is 14.8. The number of aromatic nitrogens is 1. The summed E-state index contributed by atoms with van der Waals surface area (Å²) in [7, 11) is 0. The molecule has 1 aromatic heterocycles. The monoisotopic (exact) mass is 275 g/mol. The van der Waals surface area contributed by atoms with Crippen LogP contribution in [0.15, 0.2) is 18.3 Å². The normalized spacial score (nSPS) is 23.6. The van der Waals surface area contributed by atoms with E-state index in [-0.39, 0.29) is 5.91 Å². The third kappa shape index (κ3) is 2.62. The molecule has 2 aliphatic rings. The van der Waals surface area contributed by atoms with Gasteiger partial charge in [0, 0.05) is 25.3 Å². The van der Waals surface area contributed by atoms with Gasteiger partial charge in [-0.15, -0.1) is 0 Å². The van der Waals surface area contributed by atoms with Crippen molar-refractivity contribution in [2.75, 3.05) is 19.6 Å². The van der Waals surface area contributed by atoms with E-state index in [1.807, 2.05) is 17.0 Å². The standard InChI is InChI=1S/C16H25N3O/c17-9-8-13-4-2-10-18(12-13)16(20)15-7-3-11-19(15)14-5-1-6-14/h3,7,11,13-14H,1-2,4-6,8-10,12,17H2. The minimum atomic E-state index is 0.212. The van der Waals surface area contributed by atoms with E-state index in [9.17, 15) is 4.79 Å². The summed E-state index contributed by atoms with van der Waals surface area (Å²) in [6.45, 7) is 2.51. The highest BCUT2D eigenvalue weighted by Crippen LogP contribution is 2.33. The molecule has 110 valence electrons. The number of nitrogens with two attached hydrogens (primary N) is 1. The molecule has 1 unspecified atom stereocenters. The highest BCUT2D eigenvalue weighted by molar-refractivity contribution is 5.93. The van der Waals surface area contributed by atoms with Crippen LogP contribution in [0, 0.1) is 5.92 Å². The Bertz CT molecular complexity index is 462. The van der Waals surface area contributed by atoms with Crippen LogP contribution in [0.2, 0.25) is 0 Å².